The van der Waals surface area contributed by atoms with Crippen molar-refractivity contribution >= 4 is 5.97 Å². The third-order valence-corrected chi connectivity index (χ3v) is 1.75. The summed E-state index contributed by atoms with van der Waals surface area (Å²) < 4.78 is 0. The topological polar surface area (TPSA) is 29.5 Å². The highest BCUT2D eigenvalue weighted by molar-refractivity contribution is 5.69. The Kier molecular flexibility index (Phi) is 4.13. The van der Waals surface area contributed by atoms with Crippen molar-refractivity contribution in [2.75, 3.05) is 14.1 Å². The van der Waals surface area contributed by atoms with Gasteiger partial charge in [-0.3, -0.25) is 4.79 Å². The SMILES string of the molecule is CN(C)OC(=O)CCc1ccccc1. The summed E-state index contributed by atoms with van der Waals surface area (Å²) in [4.78, 5) is 16.0. The summed E-state index contributed by atoms with van der Waals surface area (Å²) in [5.41, 5.74) is 1.16. The zero-order valence-electron chi connectivity index (χ0n) is 8.56. The van der Waals surface area contributed by atoms with Gasteiger partial charge < -0.3 is 4.84 Å². The average Bonchev–Trinajstić information content (AvgIpc) is 2.15. The highest BCUT2D eigenvalue weighted by Gasteiger charge is 2.04. The standard InChI is InChI=1S/C11H15NO2/c1-12(2)14-11(13)9-8-10-6-4-3-5-7-10/h3-7H,8-9H2,1-2H3. The van der Waals surface area contributed by atoms with Gasteiger partial charge in [0.05, 0.1) is 6.42 Å². The third kappa shape index (κ3) is 4.05. The van der Waals surface area contributed by atoms with E-state index in [0.29, 0.717) is 6.42 Å². The first-order valence-corrected chi connectivity index (χ1v) is 4.60. The summed E-state index contributed by atoms with van der Waals surface area (Å²) in [5.74, 6) is -0.196. The number of hydrogen-bond acceptors (Lipinski definition) is 3. The maximum Gasteiger partial charge on any atom is 0.325 e. The predicted molar refractivity (Wildman–Crippen MR) is 54.5 cm³/mol. The Balaban J connectivity index is 2.31. The molecule has 0 heterocycles. The van der Waals surface area contributed by atoms with Crippen LogP contribution in [-0.2, 0) is 16.1 Å². The second-order valence-electron chi connectivity index (χ2n) is 3.26. The highest BCUT2D eigenvalue weighted by atomic mass is 16.7. The molecule has 0 spiro atoms. The molecule has 0 unspecified atom stereocenters. The Morgan fingerprint density at radius 1 is 1.29 bits per heavy atom. The molecule has 0 amide bonds. The Morgan fingerprint density at radius 3 is 2.50 bits per heavy atom. The van der Waals surface area contributed by atoms with Crippen molar-refractivity contribution < 1.29 is 9.63 Å². The number of rotatable bonds is 4. The fourth-order valence-corrected chi connectivity index (χ4v) is 1.14. The summed E-state index contributed by atoms with van der Waals surface area (Å²) in [7, 11) is 3.39. The van der Waals surface area contributed by atoms with Crippen molar-refractivity contribution in [3.8, 4) is 0 Å². The van der Waals surface area contributed by atoms with E-state index in [9.17, 15) is 4.79 Å². The first-order valence-electron chi connectivity index (χ1n) is 4.60. The van der Waals surface area contributed by atoms with E-state index in [0.717, 1.165) is 12.0 Å². The van der Waals surface area contributed by atoms with Crippen molar-refractivity contribution in [1.29, 1.82) is 0 Å². The van der Waals surface area contributed by atoms with Crippen molar-refractivity contribution in [2.45, 2.75) is 12.8 Å². The second kappa shape index (κ2) is 5.40. The molecule has 14 heavy (non-hydrogen) atoms. The lowest BCUT2D eigenvalue weighted by molar-refractivity contribution is -0.178. The first-order chi connectivity index (χ1) is 6.68. The van der Waals surface area contributed by atoms with Crippen LogP contribution in [0.5, 0.6) is 0 Å². The molecule has 0 atom stereocenters. The molecular weight excluding hydrogens is 178 g/mol. The summed E-state index contributed by atoms with van der Waals surface area (Å²) in [6.45, 7) is 0. The van der Waals surface area contributed by atoms with E-state index in [-0.39, 0.29) is 5.97 Å². The lowest BCUT2D eigenvalue weighted by atomic mass is 10.1. The van der Waals surface area contributed by atoms with E-state index in [1.54, 1.807) is 14.1 Å². The Morgan fingerprint density at radius 2 is 1.93 bits per heavy atom. The molecule has 0 bridgehead atoms. The van der Waals surface area contributed by atoms with Gasteiger partial charge in [0, 0.05) is 14.1 Å². The molecule has 0 fully saturated rings. The van der Waals surface area contributed by atoms with Gasteiger partial charge in [-0.1, -0.05) is 30.3 Å². The van der Waals surface area contributed by atoms with Crippen LogP contribution in [-0.4, -0.2) is 25.1 Å². The van der Waals surface area contributed by atoms with E-state index in [1.807, 2.05) is 30.3 Å². The van der Waals surface area contributed by atoms with Gasteiger partial charge in [0.2, 0.25) is 0 Å². The molecule has 76 valence electrons. The van der Waals surface area contributed by atoms with Gasteiger partial charge in [-0.2, -0.15) is 0 Å². The van der Waals surface area contributed by atoms with Crippen LogP contribution in [0.1, 0.15) is 12.0 Å². The van der Waals surface area contributed by atoms with E-state index in [2.05, 4.69) is 0 Å². The molecule has 1 aromatic rings. The fraction of sp³-hybridized carbons (Fsp3) is 0.364. The van der Waals surface area contributed by atoms with Crippen molar-refractivity contribution in [2.24, 2.45) is 0 Å². The Hall–Kier alpha value is -1.35. The minimum atomic E-state index is -0.196. The quantitative estimate of drug-likeness (QED) is 0.681. The van der Waals surface area contributed by atoms with E-state index >= 15 is 0 Å². The van der Waals surface area contributed by atoms with Crippen LogP contribution >= 0.6 is 0 Å². The number of nitrogens with zero attached hydrogens (tertiary/aromatic N) is 1. The molecule has 3 nitrogen and oxygen atoms in total. The van der Waals surface area contributed by atoms with Gasteiger partial charge in [0.1, 0.15) is 0 Å². The minimum absolute atomic E-state index is 0.196. The molecule has 0 aliphatic carbocycles. The summed E-state index contributed by atoms with van der Waals surface area (Å²) in [5, 5.41) is 1.41. The van der Waals surface area contributed by atoms with E-state index in [1.165, 1.54) is 5.06 Å². The summed E-state index contributed by atoms with van der Waals surface area (Å²) in [6.07, 6.45) is 1.15. The number of hydrogen-bond donors (Lipinski definition) is 0. The first kappa shape index (κ1) is 10.7. The zero-order valence-corrected chi connectivity index (χ0v) is 8.56. The lowest BCUT2D eigenvalue weighted by Crippen LogP contribution is -2.18. The molecule has 0 aromatic heterocycles. The molecule has 0 saturated carbocycles. The van der Waals surface area contributed by atoms with Gasteiger partial charge >= 0.3 is 5.97 Å². The van der Waals surface area contributed by atoms with Crippen LogP contribution in [0.25, 0.3) is 0 Å². The molecule has 0 radical (unpaired) electrons. The van der Waals surface area contributed by atoms with Gasteiger partial charge in [0.15, 0.2) is 0 Å². The van der Waals surface area contributed by atoms with E-state index < -0.39 is 0 Å². The van der Waals surface area contributed by atoms with Crippen LogP contribution in [0.3, 0.4) is 0 Å². The Bertz CT molecular complexity index is 283. The summed E-state index contributed by atoms with van der Waals surface area (Å²) in [6, 6.07) is 9.90. The number of benzene rings is 1. The van der Waals surface area contributed by atoms with Crippen LogP contribution in [0.4, 0.5) is 0 Å². The molecule has 0 saturated heterocycles. The van der Waals surface area contributed by atoms with Crippen LogP contribution < -0.4 is 0 Å². The van der Waals surface area contributed by atoms with Gasteiger partial charge in [-0.25, -0.2) is 0 Å². The van der Waals surface area contributed by atoms with Crippen LogP contribution in [0.2, 0.25) is 0 Å². The van der Waals surface area contributed by atoms with Crippen molar-refractivity contribution in [1.82, 2.24) is 5.06 Å². The average molecular weight is 193 g/mol. The molecule has 0 N–H and O–H groups in total. The smallest absolute Gasteiger partial charge is 0.325 e. The van der Waals surface area contributed by atoms with Crippen LogP contribution in [0.15, 0.2) is 30.3 Å². The monoisotopic (exact) mass is 193 g/mol. The van der Waals surface area contributed by atoms with Crippen molar-refractivity contribution in [3.05, 3.63) is 35.9 Å². The van der Waals surface area contributed by atoms with E-state index in [4.69, 9.17) is 4.84 Å². The van der Waals surface area contributed by atoms with Crippen molar-refractivity contribution in [3.63, 3.8) is 0 Å². The lowest BCUT2D eigenvalue weighted by Gasteiger charge is -2.09. The molecule has 0 aliphatic heterocycles. The van der Waals surface area contributed by atoms with Gasteiger partial charge in [-0.05, 0) is 12.0 Å². The molecule has 3 heteroatoms. The molecule has 1 rings (SSSR count). The Labute approximate surface area is 84.2 Å². The summed E-state index contributed by atoms with van der Waals surface area (Å²) >= 11 is 0. The number of carbonyl (C=O) groups is 1. The number of carbonyl (C=O) groups excluding carboxylic acids is 1. The maximum atomic E-state index is 11.2. The number of aryl methyl sites for hydroxylation is 1. The van der Waals surface area contributed by atoms with Gasteiger partial charge in [0.25, 0.3) is 0 Å². The molecule has 0 aliphatic rings. The van der Waals surface area contributed by atoms with Gasteiger partial charge in [-0.15, -0.1) is 5.06 Å². The molecular formula is C11H15NO2. The molecule has 1 aromatic carbocycles. The normalized spacial score (nSPS) is 10.2. The predicted octanol–water partition coefficient (Wildman–Crippen LogP) is 1.64. The number of hydroxylamine groups is 2. The fourth-order valence-electron chi connectivity index (χ4n) is 1.14. The largest absolute Gasteiger partial charge is 0.368 e. The third-order valence-electron chi connectivity index (χ3n) is 1.75. The second-order valence-corrected chi connectivity index (χ2v) is 3.26. The van der Waals surface area contributed by atoms with Crippen LogP contribution in [0, 0.1) is 0 Å². The zero-order chi connectivity index (χ0) is 10.4. The highest BCUT2D eigenvalue weighted by Crippen LogP contribution is 2.03. The minimum Gasteiger partial charge on any atom is -0.368 e. The maximum absolute atomic E-state index is 11.2.